The van der Waals surface area contributed by atoms with Gasteiger partial charge in [-0.05, 0) is 27.2 Å². The minimum Gasteiger partial charge on any atom is -0.444 e. The van der Waals surface area contributed by atoms with Crippen molar-refractivity contribution in [3.8, 4) is 0 Å². The van der Waals surface area contributed by atoms with Crippen LogP contribution in [-0.2, 0) is 14.3 Å². The highest BCUT2D eigenvalue weighted by Crippen LogP contribution is 2.16. The molecule has 100 valence electrons. The van der Waals surface area contributed by atoms with Gasteiger partial charge in [0.1, 0.15) is 5.60 Å². The van der Waals surface area contributed by atoms with Crippen LogP contribution in [0, 0.1) is 0 Å². The van der Waals surface area contributed by atoms with Crippen LogP contribution in [0.3, 0.4) is 0 Å². The van der Waals surface area contributed by atoms with Gasteiger partial charge < -0.3 is 19.2 Å². The molecular formula is C11H22N2O4. The number of carbonyl (C=O) groups excluding carboxylic acids is 1. The average molecular weight is 246 g/mol. The summed E-state index contributed by atoms with van der Waals surface area (Å²) in [7, 11) is 0. The Labute approximate surface area is 102 Å². The molecule has 6 heteroatoms. The zero-order valence-electron chi connectivity index (χ0n) is 10.8. The van der Waals surface area contributed by atoms with E-state index in [2.05, 4.69) is 4.84 Å². The highest BCUT2D eigenvalue weighted by atomic mass is 16.6. The number of nitrogens with zero attached hydrogens (tertiary/aromatic N) is 1. The van der Waals surface area contributed by atoms with E-state index >= 15 is 0 Å². The van der Waals surface area contributed by atoms with Crippen LogP contribution in [0.2, 0.25) is 0 Å². The Balaban J connectivity index is 2.54. The van der Waals surface area contributed by atoms with Crippen LogP contribution in [-0.4, -0.2) is 49.0 Å². The standard InChI is InChI=1S/C11H22N2O4/c1-11(2,3)17-10(14)13-5-7-15-8-9(13)4-6-16-12/h9H,4-8,12H2,1-3H3. The highest BCUT2D eigenvalue weighted by molar-refractivity contribution is 5.68. The van der Waals surface area contributed by atoms with Crippen molar-refractivity contribution in [2.24, 2.45) is 5.90 Å². The Morgan fingerprint density at radius 3 is 2.82 bits per heavy atom. The van der Waals surface area contributed by atoms with Crippen molar-refractivity contribution in [2.75, 3.05) is 26.4 Å². The number of amides is 1. The number of carbonyl (C=O) groups is 1. The number of hydrogen-bond acceptors (Lipinski definition) is 5. The molecule has 0 aromatic heterocycles. The number of morpholine rings is 1. The molecule has 2 N–H and O–H groups in total. The van der Waals surface area contributed by atoms with Crippen LogP contribution >= 0.6 is 0 Å². The quantitative estimate of drug-likeness (QED) is 0.749. The third-order valence-electron chi connectivity index (χ3n) is 2.42. The minimum absolute atomic E-state index is 0.0258. The van der Waals surface area contributed by atoms with Gasteiger partial charge in [0, 0.05) is 6.54 Å². The molecule has 1 atom stereocenters. The monoisotopic (exact) mass is 246 g/mol. The maximum atomic E-state index is 12.0. The highest BCUT2D eigenvalue weighted by Gasteiger charge is 2.30. The van der Waals surface area contributed by atoms with E-state index in [9.17, 15) is 4.79 Å². The van der Waals surface area contributed by atoms with Crippen molar-refractivity contribution >= 4 is 6.09 Å². The normalized spacial score (nSPS) is 21.4. The zero-order valence-corrected chi connectivity index (χ0v) is 10.8. The van der Waals surface area contributed by atoms with Gasteiger partial charge in [0.25, 0.3) is 0 Å². The predicted octanol–water partition coefficient (Wildman–Crippen LogP) is 0.903. The van der Waals surface area contributed by atoms with E-state index in [0.29, 0.717) is 32.8 Å². The Hall–Kier alpha value is -0.850. The summed E-state index contributed by atoms with van der Waals surface area (Å²) in [5, 5.41) is 0. The van der Waals surface area contributed by atoms with Gasteiger partial charge >= 0.3 is 6.09 Å². The third-order valence-corrected chi connectivity index (χ3v) is 2.42. The van der Waals surface area contributed by atoms with Gasteiger partial charge in [0.05, 0.1) is 25.9 Å². The van der Waals surface area contributed by atoms with E-state index < -0.39 is 5.60 Å². The molecule has 1 aliphatic rings. The van der Waals surface area contributed by atoms with Gasteiger partial charge in [0.2, 0.25) is 0 Å². The minimum atomic E-state index is -0.482. The first-order chi connectivity index (χ1) is 7.94. The average Bonchev–Trinajstić information content (AvgIpc) is 2.24. The maximum absolute atomic E-state index is 12.0. The molecule has 0 spiro atoms. The molecule has 0 aromatic rings. The second-order valence-corrected chi connectivity index (χ2v) is 5.06. The second kappa shape index (κ2) is 6.18. The first-order valence-electron chi connectivity index (χ1n) is 5.83. The molecule has 1 aliphatic heterocycles. The number of ether oxygens (including phenoxy) is 2. The van der Waals surface area contributed by atoms with Crippen LogP contribution in [0.25, 0.3) is 0 Å². The second-order valence-electron chi connectivity index (χ2n) is 5.06. The topological polar surface area (TPSA) is 74.0 Å². The largest absolute Gasteiger partial charge is 0.444 e. The van der Waals surface area contributed by atoms with E-state index in [1.807, 2.05) is 20.8 Å². The molecule has 0 aliphatic carbocycles. The lowest BCUT2D eigenvalue weighted by atomic mass is 10.1. The van der Waals surface area contributed by atoms with Gasteiger partial charge in [-0.1, -0.05) is 0 Å². The Morgan fingerprint density at radius 1 is 1.53 bits per heavy atom. The molecule has 6 nitrogen and oxygen atoms in total. The Bertz CT molecular complexity index is 252. The van der Waals surface area contributed by atoms with Crippen molar-refractivity contribution in [2.45, 2.75) is 38.8 Å². The lowest BCUT2D eigenvalue weighted by Gasteiger charge is -2.36. The molecule has 1 rings (SSSR count). The summed E-state index contributed by atoms with van der Waals surface area (Å²) in [5.74, 6) is 4.99. The van der Waals surface area contributed by atoms with E-state index in [1.54, 1.807) is 4.90 Å². The van der Waals surface area contributed by atoms with E-state index in [4.69, 9.17) is 15.4 Å². The summed E-state index contributed by atoms with van der Waals surface area (Å²) in [6.07, 6.45) is 0.346. The van der Waals surface area contributed by atoms with Crippen LogP contribution in [0.4, 0.5) is 4.79 Å². The summed E-state index contributed by atoms with van der Waals surface area (Å²) in [5.41, 5.74) is -0.482. The first kappa shape index (κ1) is 14.2. The van der Waals surface area contributed by atoms with Crippen molar-refractivity contribution < 1.29 is 19.1 Å². The van der Waals surface area contributed by atoms with Crippen molar-refractivity contribution in [1.82, 2.24) is 4.90 Å². The van der Waals surface area contributed by atoms with Crippen molar-refractivity contribution in [3.63, 3.8) is 0 Å². The summed E-state index contributed by atoms with van der Waals surface area (Å²) in [4.78, 5) is 18.2. The molecule has 1 saturated heterocycles. The molecule has 1 heterocycles. The number of rotatable bonds is 3. The molecule has 1 fully saturated rings. The van der Waals surface area contributed by atoms with Gasteiger partial charge in [-0.2, -0.15) is 0 Å². The van der Waals surface area contributed by atoms with Gasteiger partial charge in [0.15, 0.2) is 0 Å². The van der Waals surface area contributed by atoms with Crippen LogP contribution in [0.5, 0.6) is 0 Å². The molecule has 1 unspecified atom stereocenters. The van der Waals surface area contributed by atoms with Crippen LogP contribution < -0.4 is 5.90 Å². The summed E-state index contributed by atoms with van der Waals surface area (Å²) >= 11 is 0. The molecule has 0 bridgehead atoms. The third kappa shape index (κ3) is 4.89. The fraction of sp³-hybridized carbons (Fsp3) is 0.909. The van der Waals surface area contributed by atoms with Gasteiger partial charge in [-0.25, -0.2) is 10.7 Å². The lowest BCUT2D eigenvalue weighted by Crippen LogP contribution is -2.50. The van der Waals surface area contributed by atoms with Crippen molar-refractivity contribution in [1.29, 1.82) is 0 Å². The predicted molar refractivity (Wildman–Crippen MR) is 62.3 cm³/mol. The fourth-order valence-corrected chi connectivity index (χ4v) is 1.66. The first-order valence-corrected chi connectivity index (χ1v) is 5.83. The number of nitrogens with two attached hydrogens (primary N) is 1. The smallest absolute Gasteiger partial charge is 0.410 e. The zero-order chi connectivity index (χ0) is 12.9. The maximum Gasteiger partial charge on any atom is 0.410 e. The summed E-state index contributed by atoms with van der Waals surface area (Å²) < 4.78 is 10.7. The number of hydrogen-bond donors (Lipinski definition) is 1. The molecular weight excluding hydrogens is 224 g/mol. The van der Waals surface area contributed by atoms with Crippen molar-refractivity contribution in [3.05, 3.63) is 0 Å². The Kier molecular flexibility index (Phi) is 5.17. The van der Waals surface area contributed by atoms with Crippen LogP contribution in [0.15, 0.2) is 0 Å². The Morgan fingerprint density at radius 2 is 2.24 bits per heavy atom. The summed E-state index contributed by atoms with van der Waals surface area (Å²) in [6.45, 7) is 7.54. The lowest BCUT2D eigenvalue weighted by molar-refractivity contribution is -0.0397. The van der Waals surface area contributed by atoms with E-state index in [0.717, 1.165) is 0 Å². The van der Waals surface area contributed by atoms with Gasteiger partial charge in [-0.3, -0.25) is 0 Å². The van der Waals surface area contributed by atoms with E-state index in [1.165, 1.54) is 0 Å². The summed E-state index contributed by atoms with van der Waals surface area (Å²) in [6, 6.07) is -0.0258. The molecule has 17 heavy (non-hydrogen) atoms. The molecule has 1 amide bonds. The SMILES string of the molecule is CC(C)(C)OC(=O)N1CCOCC1CCON. The van der Waals surface area contributed by atoms with E-state index in [-0.39, 0.29) is 12.1 Å². The molecule has 0 aromatic carbocycles. The molecule has 0 saturated carbocycles. The van der Waals surface area contributed by atoms with Crippen LogP contribution in [0.1, 0.15) is 27.2 Å². The fourth-order valence-electron chi connectivity index (χ4n) is 1.66. The molecule has 0 radical (unpaired) electrons. The van der Waals surface area contributed by atoms with Gasteiger partial charge in [-0.15, -0.1) is 0 Å².